The lowest BCUT2D eigenvalue weighted by atomic mass is 9.92. The van der Waals surface area contributed by atoms with Gasteiger partial charge in [-0.05, 0) is 30.4 Å². The average molecular weight is 310 g/mol. The van der Waals surface area contributed by atoms with Gasteiger partial charge in [-0.1, -0.05) is 37.3 Å². The number of hydrogen-bond donors (Lipinski definition) is 3. The van der Waals surface area contributed by atoms with Gasteiger partial charge in [-0.3, -0.25) is 0 Å². The molecule has 0 aromatic heterocycles. The second-order valence-electron chi connectivity index (χ2n) is 5.19. The third kappa shape index (κ3) is 4.97. The molecule has 0 spiro atoms. The third-order valence-corrected chi connectivity index (χ3v) is 4.11. The molecule has 1 aromatic rings. The molecule has 1 rings (SSSR count). The Balaban J connectivity index is 2.71. The number of hydrogen-bond acceptors (Lipinski definition) is 3. The number of urea groups is 1. The van der Waals surface area contributed by atoms with Gasteiger partial charge >= 0.3 is 12.0 Å². The summed E-state index contributed by atoms with van der Waals surface area (Å²) in [5.41, 5.74) is -0.918. The van der Waals surface area contributed by atoms with Crippen molar-refractivity contribution in [1.82, 2.24) is 10.6 Å². The molecule has 2 unspecified atom stereocenters. The van der Waals surface area contributed by atoms with Crippen molar-refractivity contribution >= 4 is 23.8 Å². The number of aliphatic carboxylic acids is 1. The summed E-state index contributed by atoms with van der Waals surface area (Å²) in [6, 6.07) is 8.19. The molecule has 21 heavy (non-hydrogen) atoms. The number of benzene rings is 1. The normalized spacial score (nSPS) is 14.8. The lowest BCUT2D eigenvalue weighted by Gasteiger charge is -2.27. The van der Waals surface area contributed by atoms with Gasteiger partial charge in [-0.25, -0.2) is 9.59 Å². The number of nitrogens with one attached hydrogen (secondary N) is 2. The number of carboxylic acids is 1. The van der Waals surface area contributed by atoms with Gasteiger partial charge in [0.15, 0.2) is 5.54 Å². The number of carbonyl (C=O) groups excluding carboxylic acids is 1. The van der Waals surface area contributed by atoms with Crippen LogP contribution in [0.25, 0.3) is 0 Å². The fourth-order valence-corrected chi connectivity index (χ4v) is 2.59. The van der Waals surface area contributed by atoms with Gasteiger partial charge in [0, 0.05) is 6.54 Å². The highest BCUT2D eigenvalue weighted by Gasteiger charge is 2.36. The maximum atomic E-state index is 12.0. The summed E-state index contributed by atoms with van der Waals surface area (Å²) < 4.78 is 0. The highest BCUT2D eigenvalue weighted by atomic mass is 32.2. The highest BCUT2D eigenvalue weighted by Crippen LogP contribution is 2.20. The van der Waals surface area contributed by atoms with E-state index in [1.165, 1.54) is 6.92 Å². The molecule has 0 aliphatic carbocycles. The van der Waals surface area contributed by atoms with E-state index in [-0.39, 0.29) is 0 Å². The molecule has 2 atom stereocenters. The summed E-state index contributed by atoms with van der Waals surface area (Å²) in [5, 5.41) is 14.7. The molecule has 0 radical (unpaired) electrons. The number of carbonyl (C=O) groups is 2. The maximum Gasteiger partial charge on any atom is 0.333 e. The van der Waals surface area contributed by atoms with Crippen LogP contribution < -0.4 is 10.6 Å². The van der Waals surface area contributed by atoms with Crippen molar-refractivity contribution in [2.45, 2.75) is 19.4 Å². The van der Waals surface area contributed by atoms with Crippen LogP contribution in [0.5, 0.6) is 0 Å². The van der Waals surface area contributed by atoms with Crippen LogP contribution in [-0.4, -0.2) is 35.7 Å². The molecule has 0 saturated heterocycles. The third-order valence-electron chi connectivity index (χ3n) is 3.20. The van der Waals surface area contributed by atoms with Gasteiger partial charge in [0.25, 0.3) is 0 Å². The molecule has 0 bridgehead atoms. The summed E-state index contributed by atoms with van der Waals surface area (Å²) in [4.78, 5) is 23.5. The first-order chi connectivity index (χ1) is 9.90. The Hall–Kier alpha value is -1.69. The SMILES string of the molecule is CSCC(C)CNC(=O)NC(C)(C(=O)O)c1ccccc1. The smallest absolute Gasteiger partial charge is 0.333 e. The zero-order chi connectivity index (χ0) is 15.9. The fourth-order valence-electron chi connectivity index (χ4n) is 1.90. The van der Waals surface area contributed by atoms with E-state index in [9.17, 15) is 14.7 Å². The van der Waals surface area contributed by atoms with Gasteiger partial charge in [0.1, 0.15) is 0 Å². The summed E-state index contributed by atoms with van der Waals surface area (Å²) >= 11 is 1.71. The summed E-state index contributed by atoms with van der Waals surface area (Å²) in [7, 11) is 0. The van der Waals surface area contributed by atoms with Crippen molar-refractivity contribution in [1.29, 1.82) is 0 Å². The van der Waals surface area contributed by atoms with Crippen LogP contribution in [0, 0.1) is 5.92 Å². The molecule has 1 aromatic carbocycles. The minimum atomic E-state index is -1.45. The molecule has 0 aliphatic heterocycles. The molecular weight excluding hydrogens is 288 g/mol. The topological polar surface area (TPSA) is 78.4 Å². The standard InChI is InChI=1S/C15H22N2O3S/c1-11(10-21-3)9-16-14(20)17-15(2,13(18)19)12-7-5-4-6-8-12/h4-8,11H,9-10H2,1-3H3,(H,18,19)(H2,16,17,20). The quantitative estimate of drug-likeness (QED) is 0.722. The van der Waals surface area contributed by atoms with Crippen molar-refractivity contribution in [3.63, 3.8) is 0 Å². The van der Waals surface area contributed by atoms with Crippen LogP contribution >= 0.6 is 11.8 Å². The highest BCUT2D eigenvalue weighted by molar-refractivity contribution is 7.98. The molecule has 0 heterocycles. The Morgan fingerprint density at radius 3 is 2.48 bits per heavy atom. The Morgan fingerprint density at radius 1 is 1.33 bits per heavy atom. The van der Waals surface area contributed by atoms with Gasteiger partial charge in [-0.15, -0.1) is 0 Å². The van der Waals surface area contributed by atoms with E-state index in [0.29, 0.717) is 18.0 Å². The predicted molar refractivity (Wildman–Crippen MR) is 85.5 cm³/mol. The molecule has 0 aliphatic rings. The Kier molecular flexibility index (Phi) is 6.55. The first-order valence-electron chi connectivity index (χ1n) is 6.74. The lowest BCUT2D eigenvalue weighted by molar-refractivity contribution is -0.144. The van der Waals surface area contributed by atoms with E-state index in [1.807, 2.05) is 13.2 Å². The van der Waals surface area contributed by atoms with Crippen molar-refractivity contribution in [2.75, 3.05) is 18.6 Å². The number of amides is 2. The summed E-state index contributed by atoms with van der Waals surface area (Å²) in [6.07, 6.45) is 2.01. The van der Waals surface area contributed by atoms with Crippen LogP contribution in [0.15, 0.2) is 30.3 Å². The fraction of sp³-hybridized carbons (Fsp3) is 0.467. The van der Waals surface area contributed by atoms with Gasteiger partial charge in [-0.2, -0.15) is 11.8 Å². The van der Waals surface area contributed by atoms with Crippen LogP contribution in [0.3, 0.4) is 0 Å². The van der Waals surface area contributed by atoms with Gasteiger partial charge in [0.2, 0.25) is 0 Å². The van der Waals surface area contributed by atoms with Crippen LogP contribution in [0.2, 0.25) is 0 Å². The van der Waals surface area contributed by atoms with Crippen LogP contribution in [0.4, 0.5) is 4.79 Å². The van der Waals surface area contributed by atoms with Crippen molar-refractivity contribution < 1.29 is 14.7 Å². The molecule has 0 saturated carbocycles. The second kappa shape index (κ2) is 7.93. The van der Waals surface area contributed by atoms with Crippen molar-refractivity contribution in [3.8, 4) is 0 Å². The first-order valence-corrected chi connectivity index (χ1v) is 8.13. The predicted octanol–water partition coefficient (Wildman–Crippen LogP) is 2.28. The largest absolute Gasteiger partial charge is 0.479 e. The average Bonchev–Trinajstić information content (AvgIpc) is 2.46. The van der Waals surface area contributed by atoms with Crippen molar-refractivity contribution in [2.24, 2.45) is 5.92 Å². The molecule has 6 heteroatoms. The molecular formula is C15H22N2O3S. The Bertz CT molecular complexity index is 481. The lowest BCUT2D eigenvalue weighted by Crippen LogP contribution is -2.53. The monoisotopic (exact) mass is 310 g/mol. The van der Waals surface area contributed by atoms with Gasteiger partial charge in [0.05, 0.1) is 0 Å². The minimum absolute atomic E-state index is 0.332. The maximum absolute atomic E-state index is 12.0. The first kappa shape index (κ1) is 17.4. The van der Waals surface area contributed by atoms with Crippen LogP contribution in [0.1, 0.15) is 19.4 Å². The van der Waals surface area contributed by atoms with Crippen molar-refractivity contribution in [3.05, 3.63) is 35.9 Å². The number of rotatable bonds is 7. The molecule has 3 N–H and O–H groups in total. The van der Waals surface area contributed by atoms with E-state index in [4.69, 9.17) is 0 Å². The van der Waals surface area contributed by atoms with Crippen LogP contribution in [-0.2, 0) is 10.3 Å². The Morgan fingerprint density at radius 2 is 1.95 bits per heavy atom. The summed E-state index contributed by atoms with van der Waals surface area (Å²) in [5.74, 6) is 0.175. The molecule has 0 fully saturated rings. The summed E-state index contributed by atoms with van der Waals surface area (Å²) in [6.45, 7) is 4.02. The molecule has 116 valence electrons. The molecule has 2 amide bonds. The number of carboxylic acid groups (broad SMARTS) is 1. The van der Waals surface area contributed by atoms with E-state index in [2.05, 4.69) is 10.6 Å². The number of thioether (sulfide) groups is 1. The van der Waals surface area contributed by atoms with E-state index in [1.54, 1.807) is 42.1 Å². The Labute approximate surface area is 129 Å². The van der Waals surface area contributed by atoms with E-state index in [0.717, 1.165) is 5.75 Å². The van der Waals surface area contributed by atoms with Gasteiger partial charge < -0.3 is 15.7 Å². The zero-order valence-corrected chi connectivity index (χ0v) is 13.4. The second-order valence-corrected chi connectivity index (χ2v) is 6.10. The molecule has 5 nitrogen and oxygen atoms in total. The zero-order valence-electron chi connectivity index (χ0n) is 12.6. The van der Waals surface area contributed by atoms with E-state index < -0.39 is 17.5 Å². The van der Waals surface area contributed by atoms with E-state index >= 15 is 0 Å². The minimum Gasteiger partial charge on any atom is -0.479 e.